The molecule has 2 saturated carbocycles. The summed E-state index contributed by atoms with van der Waals surface area (Å²) in [5.41, 5.74) is 0. The Labute approximate surface area is 91.2 Å². The van der Waals surface area contributed by atoms with Crippen LogP contribution in [0.1, 0.15) is 25.7 Å². The van der Waals surface area contributed by atoms with E-state index >= 15 is 0 Å². The Bertz CT molecular complexity index is 214. The molecule has 3 fully saturated rings. The summed E-state index contributed by atoms with van der Waals surface area (Å²) in [6, 6.07) is 0.185. The van der Waals surface area contributed by atoms with Crippen LogP contribution in [0.15, 0.2) is 0 Å². The molecule has 3 rings (SSSR count). The van der Waals surface area contributed by atoms with Crippen LogP contribution in [0, 0.1) is 17.8 Å². The van der Waals surface area contributed by atoms with Gasteiger partial charge in [0.15, 0.2) is 0 Å². The number of ether oxygens (including phenoxy) is 1. The molecular formula is C12H21NO2. The molecule has 3 heteroatoms. The molecule has 86 valence electrons. The van der Waals surface area contributed by atoms with Crippen molar-refractivity contribution in [3.63, 3.8) is 0 Å². The first kappa shape index (κ1) is 10.1. The van der Waals surface area contributed by atoms with Crippen molar-refractivity contribution in [2.24, 2.45) is 17.8 Å². The number of aliphatic hydroxyl groups excluding tert-OH is 1. The lowest BCUT2D eigenvalue weighted by Crippen LogP contribution is -2.42. The largest absolute Gasteiger partial charge is 0.389 e. The lowest BCUT2D eigenvalue weighted by Gasteiger charge is -2.20. The third-order valence-electron chi connectivity index (χ3n) is 4.12. The smallest absolute Gasteiger partial charge is 0.0948 e. The van der Waals surface area contributed by atoms with Crippen LogP contribution < -0.4 is 5.32 Å². The third-order valence-corrected chi connectivity index (χ3v) is 4.12. The van der Waals surface area contributed by atoms with Gasteiger partial charge in [0.25, 0.3) is 0 Å². The highest BCUT2D eigenvalue weighted by Gasteiger charge is 2.41. The van der Waals surface area contributed by atoms with Crippen molar-refractivity contribution in [3.05, 3.63) is 0 Å². The van der Waals surface area contributed by atoms with Gasteiger partial charge in [-0.15, -0.1) is 0 Å². The van der Waals surface area contributed by atoms with Crippen LogP contribution in [0.3, 0.4) is 0 Å². The van der Waals surface area contributed by atoms with Gasteiger partial charge < -0.3 is 15.2 Å². The second kappa shape index (κ2) is 4.04. The average molecular weight is 211 g/mol. The average Bonchev–Trinajstić information content (AvgIpc) is 3.11. The molecule has 3 nitrogen and oxygen atoms in total. The van der Waals surface area contributed by atoms with Crippen LogP contribution >= 0.6 is 0 Å². The molecule has 0 bridgehead atoms. The topological polar surface area (TPSA) is 41.5 Å². The predicted octanol–water partition coefficient (Wildman–Crippen LogP) is 0.772. The molecule has 2 atom stereocenters. The lowest BCUT2D eigenvalue weighted by atomic mass is 9.97. The van der Waals surface area contributed by atoms with E-state index in [1.54, 1.807) is 0 Å². The van der Waals surface area contributed by atoms with Gasteiger partial charge in [-0.05, 0) is 50.0 Å². The molecule has 15 heavy (non-hydrogen) atoms. The van der Waals surface area contributed by atoms with Crippen molar-refractivity contribution in [2.45, 2.75) is 37.8 Å². The summed E-state index contributed by atoms with van der Waals surface area (Å²) in [4.78, 5) is 0. The molecule has 0 aromatic carbocycles. The molecule has 0 aromatic rings. The highest BCUT2D eigenvalue weighted by Crippen LogP contribution is 2.48. The molecule has 0 radical (unpaired) electrons. The third kappa shape index (κ3) is 2.35. The zero-order chi connectivity index (χ0) is 10.3. The van der Waals surface area contributed by atoms with Crippen molar-refractivity contribution in [2.75, 3.05) is 19.8 Å². The van der Waals surface area contributed by atoms with Gasteiger partial charge in [0.05, 0.1) is 25.4 Å². The van der Waals surface area contributed by atoms with Crippen molar-refractivity contribution >= 4 is 0 Å². The van der Waals surface area contributed by atoms with E-state index in [1.807, 2.05) is 0 Å². The van der Waals surface area contributed by atoms with E-state index in [0.29, 0.717) is 13.2 Å². The van der Waals surface area contributed by atoms with Crippen LogP contribution in [0.25, 0.3) is 0 Å². The Morgan fingerprint density at radius 3 is 2.27 bits per heavy atom. The van der Waals surface area contributed by atoms with Crippen molar-refractivity contribution < 1.29 is 9.84 Å². The van der Waals surface area contributed by atoms with E-state index in [9.17, 15) is 5.11 Å². The van der Waals surface area contributed by atoms with Gasteiger partial charge in [-0.3, -0.25) is 0 Å². The Kier molecular flexibility index (Phi) is 2.71. The summed E-state index contributed by atoms with van der Waals surface area (Å²) in [7, 11) is 0. The standard InChI is InChI=1S/C12H21NO2/c14-12-7-15-6-11(12)13-5-10(8-1-2-8)9-3-4-9/h8-14H,1-7H2. The molecule has 3 aliphatic rings. The molecule has 2 N–H and O–H groups in total. The predicted molar refractivity (Wildman–Crippen MR) is 57.6 cm³/mol. The van der Waals surface area contributed by atoms with E-state index < -0.39 is 0 Å². The Morgan fingerprint density at radius 2 is 1.80 bits per heavy atom. The van der Waals surface area contributed by atoms with Gasteiger partial charge in [0, 0.05) is 0 Å². The monoisotopic (exact) mass is 211 g/mol. The minimum absolute atomic E-state index is 0.185. The molecule has 0 amide bonds. The van der Waals surface area contributed by atoms with Gasteiger partial charge in [-0.2, -0.15) is 0 Å². The van der Waals surface area contributed by atoms with Gasteiger partial charge in [0.1, 0.15) is 0 Å². The number of aliphatic hydroxyl groups is 1. The first-order chi connectivity index (χ1) is 7.34. The molecule has 2 aliphatic carbocycles. The molecule has 0 spiro atoms. The summed E-state index contributed by atoms with van der Waals surface area (Å²) < 4.78 is 5.24. The van der Waals surface area contributed by atoms with Crippen LogP contribution in [0.2, 0.25) is 0 Å². The van der Waals surface area contributed by atoms with Gasteiger partial charge in [0.2, 0.25) is 0 Å². The first-order valence-electron chi connectivity index (χ1n) is 6.34. The summed E-state index contributed by atoms with van der Waals surface area (Å²) in [5, 5.41) is 13.1. The Balaban J connectivity index is 1.46. The van der Waals surface area contributed by atoms with Crippen molar-refractivity contribution in [3.8, 4) is 0 Å². The zero-order valence-electron chi connectivity index (χ0n) is 9.19. The fraction of sp³-hybridized carbons (Fsp3) is 1.00. The molecule has 1 aliphatic heterocycles. The van der Waals surface area contributed by atoms with E-state index in [1.165, 1.54) is 25.7 Å². The molecule has 0 aromatic heterocycles. The zero-order valence-corrected chi connectivity index (χ0v) is 9.19. The number of hydrogen-bond acceptors (Lipinski definition) is 3. The maximum absolute atomic E-state index is 9.62. The van der Waals surface area contributed by atoms with Crippen LogP contribution in [0.5, 0.6) is 0 Å². The maximum atomic E-state index is 9.62. The highest BCUT2D eigenvalue weighted by atomic mass is 16.5. The van der Waals surface area contributed by atoms with E-state index in [-0.39, 0.29) is 12.1 Å². The molecule has 1 saturated heterocycles. The highest BCUT2D eigenvalue weighted by molar-refractivity contribution is 4.93. The second-order valence-electron chi connectivity index (χ2n) is 5.46. The molecule has 1 heterocycles. The van der Waals surface area contributed by atoms with E-state index in [4.69, 9.17) is 4.74 Å². The Morgan fingerprint density at radius 1 is 1.13 bits per heavy atom. The van der Waals surface area contributed by atoms with Crippen LogP contribution in [0.4, 0.5) is 0 Å². The molecular weight excluding hydrogens is 190 g/mol. The molecule has 2 unspecified atom stereocenters. The fourth-order valence-electron chi connectivity index (χ4n) is 2.79. The van der Waals surface area contributed by atoms with Crippen LogP contribution in [-0.4, -0.2) is 37.0 Å². The normalized spacial score (nSPS) is 36.4. The summed E-state index contributed by atoms with van der Waals surface area (Å²) >= 11 is 0. The van der Waals surface area contributed by atoms with Gasteiger partial charge >= 0.3 is 0 Å². The maximum Gasteiger partial charge on any atom is 0.0948 e. The van der Waals surface area contributed by atoms with Gasteiger partial charge in [-0.25, -0.2) is 0 Å². The van der Waals surface area contributed by atoms with Crippen molar-refractivity contribution in [1.82, 2.24) is 5.32 Å². The lowest BCUT2D eigenvalue weighted by molar-refractivity contribution is 0.121. The Hall–Kier alpha value is -0.120. The second-order valence-corrected chi connectivity index (χ2v) is 5.46. The summed E-state index contributed by atoms with van der Waals surface area (Å²) in [6.07, 6.45) is 5.46. The summed E-state index contributed by atoms with van der Waals surface area (Å²) in [5.74, 6) is 2.87. The minimum atomic E-state index is -0.288. The number of rotatable bonds is 5. The SMILES string of the molecule is OC1COCC1NCC(C1CC1)C1CC1. The number of hydrogen-bond donors (Lipinski definition) is 2. The van der Waals surface area contributed by atoms with Crippen molar-refractivity contribution in [1.29, 1.82) is 0 Å². The first-order valence-corrected chi connectivity index (χ1v) is 6.34. The number of nitrogens with one attached hydrogen (secondary N) is 1. The fourth-order valence-corrected chi connectivity index (χ4v) is 2.79. The quantitative estimate of drug-likeness (QED) is 0.706. The van der Waals surface area contributed by atoms with Gasteiger partial charge in [-0.1, -0.05) is 0 Å². The van der Waals surface area contributed by atoms with E-state index in [0.717, 1.165) is 24.3 Å². The minimum Gasteiger partial charge on any atom is -0.389 e. The van der Waals surface area contributed by atoms with E-state index in [2.05, 4.69) is 5.32 Å². The van der Waals surface area contributed by atoms with Crippen LogP contribution in [-0.2, 0) is 4.74 Å². The summed E-state index contributed by atoms with van der Waals surface area (Å²) in [6.45, 7) is 2.29.